The van der Waals surface area contributed by atoms with Crippen LogP contribution in [0.15, 0.2) is 36.8 Å². The summed E-state index contributed by atoms with van der Waals surface area (Å²) in [5.41, 5.74) is 21.1. The van der Waals surface area contributed by atoms with Crippen LogP contribution in [0.5, 0.6) is 0 Å². The summed E-state index contributed by atoms with van der Waals surface area (Å²) in [7, 11) is 0. The Balaban J connectivity index is 0.0000167. The smallest absolute Gasteiger partial charge is 0.657 e. The van der Waals surface area contributed by atoms with Gasteiger partial charge in [-0.25, -0.2) is 19.7 Å². The molecule has 3 aliphatic rings. The Morgan fingerprint density at radius 1 is 0.641 bits per heavy atom. The van der Waals surface area contributed by atoms with Crippen LogP contribution in [0.2, 0.25) is 0 Å². The molecule has 4 aromatic heterocycles. The quantitative estimate of drug-likeness (QED) is 0.0421. The maximum absolute atomic E-state index is 15.3. The molecule has 17 N–H and O–H groups in total. The minimum Gasteiger partial charge on any atom is -0.657 e. The molecule has 0 saturated heterocycles. The molecule has 0 spiro atoms. The van der Waals surface area contributed by atoms with E-state index in [2.05, 4.69) is 47.2 Å². The van der Waals surface area contributed by atoms with E-state index in [9.17, 15) is 78.3 Å². The fourth-order valence-corrected chi connectivity index (χ4v) is 14.2. The summed E-state index contributed by atoms with van der Waals surface area (Å²) in [5.74, 6) is -13.8. The van der Waals surface area contributed by atoms with E-state index in [1.54, 1.807) is 25.1 Å². The number of nitrogens with two attached hydrogens (primary N) is 2. The zero-order valence-corrected chi connectivity index (χ0v) is 61.1. The molecule has 556 valence electrons. The molecule has 4 aromatic rings. The summed E-state index contributed by atoms with van der Waals surface area (Å²) < 4.78 is 0. The predicted octanol–water partition coefficient (Wildman–Crippen LogP) is 1.82. The van der Waals surface area contributed by atoms with E-state index >= 15 is 4.79 Å². The number of carbonyl (C=O) groups is 12. The van der Waals surface area contributed by atoms with E-state index in [-0.39, 0.29) is 66.4 Å². The topological polar surface area (TPSA) is 525 Å². The van der Waals surface area contributed by atoms with E-state index in [0.717, 1.165) is 29.8 Å². The second-order valence-corrected chi connectivity index (χ2v) is 28.5. The number of hydrogen-bond donors (Lipinski definition) is 15. The molecule has 7 heterocycles. The first-order valence-corrected chi connectivity index (χ1v) is 35.1. The number of rotatable bonds is 25. The summed E-state index contributed by atoms with van der Waals surface area (Å²) in [6.45, 7) is 16.6. The average Bonchev–Trinajstić information content (AvgIpc) is 1.62. The molecule has 2 unspecified atom stereocenters. The second kappa shape index (κ2) is 36.6. The first-order valence-electron chi connectivity index (χ1n) is 33.0. The number of aromatic nitrogens is 6. The van der Waals surface area contributed by atoms with Crippen LogP contribution in [0.4, 0.5) is 0 Å². The number of carbonyl (C=O) groups excluding carboxylic acids is 8. The van der Waals surface area contributed by atoms with Crippen LogP contribution in [-0.2, 0) is 87.4 Å². The van der Waals surface area contributed by atoms with Crippen molar-refractivity contribution in [1.82, 2.24) is 67.1 Å². The van der Waals surface area contributed by atoms with Gasteiger partial charge < -0.3 is 89.2 Å². The van der Waals surface area contributed by atoms with Crippen molar-refractivity contribution in [2.45, 2.75) is 192 Å². The van der Waals surface area contributed by atoms with Crippen LogP contribution >= 0.6 is 23.5 Å². The number of imidazole rings is 1. The fraction of sp³-hybridized carbons (Fsp3) is 0.485. The van der Waals surface area contributed by atoms with Crippen molar-refractivity contribution in [3.63, 3.8) is 0 Å². The Kier molecular flexibility index (Phi) is 29.4. The maximum Gasteiger partial charge on any atom is 2.00 e. The number of hydrogen-bond acceptors (Lipinski definition) is 19. The normalized spacial score (nSPS) is 19.8. The van der Waals surface area contributed by atoms with Gasteiger partial charge in [-0.3, -0.25) is 52.7 Å². The van der Waals surface area contributed by atoms with Gasteiger partial charge >= 0.3 is 40.9 Å². The number of thioether (sulfide) groups is 2. The van der Waals surface area contributed by atoms with E-state index in [0.29, 0.717) is 78.3 Å². The number of nitrogens with zero attached hydrogens (tertiary/aromatic N) is 5. The Labute approximate surface area is 611 Å². The molecular formula is C68H87FeN15O17S2. The summed E-state index contributed by atoms with van der Waals surface area (Å²) in [5, 5.41) is 66.4. The minimum atomic E-state index is -1.87. The van der Waals surface area contributed by atoms with Gasteiger partial charge in [0.2, 0.25) is 47.3 Å². The molecule has 3 aliphatic heterocycles. The van der Waals surface area contributed by atoms with Gasteiger partial charge in [0.1, 0.15) is 42.3 Å². The number of aliphatic carboxylic acids is 4. The van der Waals surface area contributed by atoms with Crippen molar-refractivity contribution in [2.24, 2.45) is 17.4 Å². The molecule has 0 radical (unpaired) electrons. The average molecular weight is 1510 g/mol. The number of H-pyrrole nitrogens is 1. The molecule has 11 atom stereocenters. The van der Waals surface area contributed by atoms with Crippen LogP contribution in [0.3, 0.4) is 0 Å². The predicted molar refractivity (Wildman–Crippen MR) is 378 cm³/mol. The number of carboxylic acid groups (broad SMARTS) is 4. The van der Waals surface area contributed by atoms with Gasteiger partial charge in [-0.05, 0) is 115 Å². The van der Waals surface area contributed by atoms with E-state index in [1.807, 2.05) is 40.7 Å². The first-order chi connectivity index (χ1) is 48.0. The van der Waals surface area contributed by atoms with Gasteiger partial charge in [0.15, 0.2) is 0 Å². The number of aryl methyl sites for hydroxylation is 3. The third-order valence-corrected chi connectivity index (χ3v) is 20.3. The maximum atomic E-state index is 15.3. The zero-order chi connectivity index (χ0) is 75.3. The molecule has 32 nitrogen and oxygen atoms in total. The van der Waals surface area contributed by atoms with Crippen LogP contribution < -0.4 is 58.7 Å². The summed E-state index contributed by atoms with van der Waals surface area (Å²) >= 11 is 2.48. The van der Waals surface area contributed by atoms with Gasteiger partial charge in [0, 0.05) is 66.0 Å². The van der Waals surface area contributed by atoms with E-state index in [1.165, 1.54) is 45.1 Å². The van der Waals surface area contributed by atoms with Crippen molar-refractivity contribution >= 4 is 139 Å². The SMILES string of the molecule is CC1=C(CCC(=O)O)c2cc3[n-]c(cc4nc5cc6[n-]c(cc1n2)c(C)c6C(C)SC[C@H](N)C(=O)N[C@@H](C)C(=O)N[C@@H](CCC(N)=O)C(=O)N[C@@H](C(=O)N[C@@H](Cc1cnc[nH]1)C(=O)N[C@H](C(=O)N[C@H](C(=O)N[C@@H](CCC(=O)O)C(=O)O)C(C)C)[C@@H](C)O)CSC(C)C4=C5C)c(C)c3CCC(=O)O.[Fe+2]. The van der Waals surface area contributed by atoms with Crippen molar-refractivity contribution in [2.75, 3.05) is 11.5 Å². The number of aliphatic hydroxyl groups is 1. The second-order valence-electron chi connectivity index (χ2n) is 25.7. The van der Waals surface area contributed by atoms with Gasteiger partial charge in [-0.1, -0.05) is 54.8 Å². The molecule has 103 heavy (non-hydrogen) atoms. The van der Waals surface area contributed by atoms with Gasteiger partial charge in [-0.2, -0.15) is 23.5 Å². The molecule has 0 fully saturated rings. The first kappa shape index (κ1) is 82.5. The number of nitrogens with one attached hydrogen (secondary N) is 8. The fourth-order valence-electron chi connectivity index (χ4n) is 11.9. The molecule has 8 amide bonds. The van der Waals surface area contributed by atoms with Crippen LogP contribution in [-0.4, -0.2) is 188 Å². The van der Waals surface area contributed by atoms with Crippen LogP contribution in [0.25, 0.3) is 44.4 Å². The van der Waals surface area contributed by atoms with Gasteiger partial charge in [0.25, 0.3) is 0 Å². The number of aromatic amines is 1. The monoisotopic (exact) mass is 1510 g/mol. The largest absolute Gasteiger partial charge is 2.00 e. The molecule has 0 saturated carbocycles. The Bertz CT molecular complexity index is 4170. The number of allylic oxidation sites excluding steroid dienone is 3. The number of amides is 8. The van der Waals surface area contributed by atoms with E-state index in [4.69, 9.17) is 31.4 Å². The standard InChI is InChI=1S/C68H89N15O17S2.Fe/c1-28(2)59(66(97)79-42(68(99)100)14-18-56(90)91)82-67(98)60(34(8)84)83-64(95)51(19-37-24-71-27-72-37)80-65(96)52-26-102-36(10)58-32(6)46-22-50-57(35(9)101-25-40(69)62(93)73-33(7)61(92)78-41(63(94)81-52)13-15-53(70)85)31(5)45(76-50)20-43-29(3)38(11-16-54(86)87)47(74-43)23-48-39(12-17-55(88)89)30(4)44(75-48)21-49(58)77-46;/h20-24,27-28,33-36,40-42,51-52,59-60,84H,11-19,25-26,69H2,1-10H3,(H16,70,71,72,73,74,75,76,77,78,79,80,81,82,83,85,86,87,88,89,90,91,92,93,94,95,96,97,98,99,100);/q;+2/p-2/t33-,34+,35?,36?,40-,41-,42-,51-,52+,59-,60-;/m0./s1. The summed E-state index contributed by atoms with van der Waals surface area (Å²) in [6, 6.07) is -5.45. The Morgan fingerprint density at radius 3 is 1.84 bits per heavy atom. The van der Waals surface area contributed by atoms with Crippen LogP contribution in [0.1, 0.15) is 156 Å². The van der Waals surface area contributed by atoms with Gasteiger partial charge in [-0.15, -0.1) is 22.1 Å². The minimum absolute atomic E-state index is 0. The van der Waals surface area contributed by atoms with Gasteiger partial charge in [0.05, 0.1) is 41.2 Å². The molecular weight excluding hydrogens is 1420 g/mol. The summed E-state index contributed by atoms with van der Waals surface area (Å²) in [6.07, 6.45) is -1.79. The van der Waals surface area contributed by atoms with Crippen molar-refractivity contribution in [3.05, 3.63) is 87.5 Å². The van der Waals surface area contributed by atoms with Crippen molar-refractivity contribution in [3.8, 4) is 0 Å². The Hall–Kier alpha value is -9.41. The van der Waals surface area contributed by atoms with Crippen molar-refractivity contribution in [1.29, 1.82) is 0 Å². The summed E-state index contributed by atoms with van der Waals surface area (Å²) in [4.78, 5) is 188. The molecule has 9 bridgehead atoms. The molecule has 0 aromatic carbocycles. The number of carboxylic acids is 4. The van der Waals surface area contributed by atoms with Crippen molar-refractivity contribution < 1.29 is 100 Å². The molecule has 35 heteroatoms. The Morgan fingerprint density at radius 2 is 1.22 bits per heavy atom. The third-order valence-electron chi connectivity index (χ3n) is 17.7. The number of fused-ring (bicyclic) bond motifs is 7. The molecule has 7 rings (SSSR count). The molecule has 0 aliphatic carbocycles. The number of primary amides is 1. The number of aliphatic hydroxyl groups excluding tert-OH is 1. The van der Waals surface area contributed by atoms with Crippen LogP contribution in [0, 0.1) is 19.8 Å². The van der Waals surface area contributed by atoms with E-state index < -0.39 is 168 Å². The zero-order valence-electron chi connectivity index (χ0n) is 58.4. The third kappa shape index (κ3) is 21.6.